The Morgan fingerprint density at radius 1 is 1.69 bits per heavy atom. The third kappa shape index (κ3) is 2.12. The number of halogens is 1. The van der Waals surface area contributed by atoms with Crippen LogP contribution in [0, 0.1) is 0 Å². The van der Waals surface area contributed by atoms with Gasteiger partial charge in [-0.05, 0) is 6.92 Å². The van der Waals surface area contributed by atoms with E-state index in [1.807, 2.05) is 0 Å². The second kappa shape index (κ2) is 3.81. The molecule has 1 amide bonds. The first-order chi connectivity index (χ1) is 5.99. The predicted molar refractivity (Wildman–Crippen MR) is 48.8 cm³/mol. The highest BCUT2D eigenvalue weighted by Crippen LogP contribution is 2.11. The molecule has 1 fully saturated rings. The van der Waals surface area contributed by atoms with E-state index >= 15 is 0 Å². The van der Waals surface area contributed by atoms with Gasteiger partial charge in [0, 0.05) is 13.1 Å². The number of hydrogen-bond donors (Lipinski definition) is 1. The highest BCUT2D eigenvalue weighted by atomic mass is 35.5. The average Bonchev–Trinajstić information content (AvgIpc) is 2.09. The van der Waals surface area contributed by atoms with E-state index in [-0.39, 0.29) is 5.91 Å². The van der Waals surface area contributed by atoms with Gasteiger partial charge in [-0.1, -0.05) is 0 Å². The summed E-state index contributed by atoms with van der Waals surface area (Å²) in [6, 6.07) is -0.655. The van der Waals surface area contributed by atoms with Gasteiger partial charge in [-0.15, -0.1) is 11.6 Å². The van der Waals surface area contributed by atoms with Crippen molar-refractivity contribution in [3.05, 3.63) is 0 Å². The van der Waals surface area contributed by atoms with Gasteiger partial charge < -0.3 is 5.32 Å². The minimum atomic E-state index is -3.47. The molecule has 1 heterocycles. The van der Waals surface area contributed by atoms with Gasteiger partial charge in [0.2, 0.25) is 15.9 Å². The van der Waals surface area contributed by atoms with E-state index in [1.165, 1.54) is 0 Å². The zero-order valence-electron chi connectivity index (χ0n) is 7.16. The fourth-order valence-electron chi connectivity index (χ4n) is 1.20. The summed E-state index contributed by atoms with van der Waals surface area (Å²) in [5.74, 6) is -0.278. The van der Waals surface area contributed by atoms with Crippen LogP contribution in [0.5, 0.6) is 0 Å². The van der Waals surface area contributed by atoms with E-state index < -0.39 is 21.3 Å². The smallest absolute Gasteiger partial charge is 0.238 e. The number of amides is 1. The van der Waals surface area contributed by atoms with Gasteiger partial charge in [0.05, 0.1) is 0 Å². The number of carbonyl (C=O) groups is 1. The summed E-state index contributed by atoms with van der Waals surface area (Å²) < 4.78 is 23.8. The molecule has 1 atom stereocenters. The lowest BCUT2D eigenvalue weighted by Gasteiger charge is -2.30. The minimum Gasteiger partial charge on any atom is -0.353 e. The molecule has 76 valence electrons. The van der Waals surface area contributed by atoms with Crippen LogP contribution in [0.1, 0.15) is 6.92 Å². The number of hydrogen-bond acceptors (Lipinski definition) is 3. The zero-order valence-corrected chi connectivity index (χ0v) is 8.73. The van der Waals surface area contributed by atoms with Crippen molar-refractivity contribution in [1.82, 2.24) is 9.62 Å². The van der Waals surface area contributed by atoms with E-state index in [9.17, 15) is 13.2 Å². The van der Waals surface area contributed by atoms with Crippen molar-refractivity contribution in [3.8, 4) is 0 Å². The lowest BCUT2D eigenvalue weighted by molar-refractivity contribution is -0.126. The van der Waals surface area contributed by atoms with E-state index in [4.69, 9.17) is 11.6 Å². The molecule has 7 heteroatoms. The Kier molecular flexibility index (Phi) is 3.15. The Bertz CT molecular complexity index is 303. The normalized spacial score (nSPS) is 25.7. The first-order valence-corrected chi connectivity index (χ1v) is 5.96. The molecule has 1 saturated heterocycles. The standard InChI is InChI=1S/C6H11ClN2O3S/c1-5-6(10)8-2-3-9(5)13(11,12)4-7/h5H,2-4H2,1H3,(H,8,10). The summed E-state index contributed by atoms with van der Waals surface area (Å²) >= 11 is 5.28. The van der Waals surface area contributed by atoms with Crippen molar-refractivity contribution in [2.75, 3.05) is 18.3 Å². The van der Waals surface area contributed by atoms with Crippen molar-refractivity contribution in [3.63, 3.8) is 0 Å². The molecule has 1 N–H and O–H groups in total. The Morgan fingerprint density at radius 2 is 2.31 bits per heavy atom. The summed E-state index contributed by atoms with van der Waals surface area (Å²) in [7, 11) is -3.47. The maximum atomic E-state index is 11.3. The van der Waals surface area contributed by atoms with Crippen molar-refractivity contribution in [2.45, 2.75) is 13.0 Å². The summed E-state index contributed by atoms with van der Waals surface area (Å²) in [6.45, 7) is 2.18. The van der Waals surface area contributed by atoms with Gasteiger partial charge in [0.25, 0.3) is 0 Å². The molecule has 1 aliphatic rings. The third-order valence-electron chi connectivity index (χ3n) is 1.94. The second-order valence-electron chi connectivity index (χ2n) is 2.80. The van der Waals surface area contributed by atoms with Crippen LogP contribution >= 0.6 is 11.6 Å². The molecule has 0 bridgehead atoms. The molecular formula is C6H11ClN2O3S. The van der Waals surface area contributed by atoms with Gasteiger partial charge in [-0.3, -0.25) is 4.79 Å². The molecule has 0 spiro atoms. The number of sulfonamides is 1. The summed E-state index contributed by atoms with van der Waals surface area (Å²) in [5, 5.41) is 2.09. The maximum absolute atomic E-state index is 11.3. The predicted octanol–water partition coefficient (Wildman–Crippen LogP) is -0.667. The van der Waals surface area contributed by atoms with Crippen LogP contribution in [-0.2, 0) is 14.8 Å². The molecule has 5 nitrogen and oxygen atoms in total. The second-order valence-corrected chi connectivity index (χ2v) is 5.30. The van der Waals surface area contributed by atoms with Gasteiger partial charge in [-0.2, -0.15) is 4.31 Å². The molecule has 0 radical (unpaired) electrons. The molecule has 0 aromatic carbocycles. The minimum absolute atomic E-state index is 0.278. The van der Waals surface area contributed by atoms with E-state index in [1.54, 1.807) is 6.92 Å². The van der Waals surface area contributed by atoms with Gasteiger partial charge in [0.15, 0.2) is 0 Å². The SMILES string of the molecule is CC1C(=O)NCCN1S(=O)(=O)CCl. The molecule has 0 saturated carbocycles. The molecule has 1 aliphatic heterocycles. The van der Waals surface area contributed by atoms with Crippen molar-refractivity contribution in [2.24, 2.45) is 0 Å². The van der Waals surface area contributed by atoms with Crippen molar-refractivity contribution < 1.29 is 13.2 Å². The molecule has 13 heavy (non-hydrogen) atoms. The van der Waals surface area contributed by atoms with Crippen LogP contribution in [-0.4, -0.2) is 43.0 Å². The first kappa shape index (κ1) is 10.7. The van der Waals surface area contributed by atoms with Crippen molar-refractivity contribution >= 4 is 27.5 Å². The molecular weight excluding hydrogens is 216 g/mol. The van der Waals surface area contributed by atoms with Gasteiger partial charge >= 0.3 is 0 Å². The summed E-state index contributed by atoms with van der Waals surface area (Å²) in [6.07, 6.45) is 0. The largest absolute Gasteiger partial charge is 0.353 e. The third-order valence-corrected chi connectivity index (χ3v) is 4.25. The van der Waals surface area contributed by atoms with Crippen LogP contribution in [0.4, 0.5) is 0 Å². The maximum Gasteiger partial charge on any atom is 0.238 e. The molecule has 1 unspecified atom stereocenters. The number of piperazine rings is 1. The summed E-state index contributed by atoms with van der Waals surface area (Å²) in [4.78, 5) is 11.1. The molecule has 0 aliphatic carbocycles. The van der Waals surface area contributed by atoms with E-state index in [2.05, 4.69) is 5.32 Å². The summed E-state index contributed by atoms with van der Waals surface area (Å²) in [5.41, 5.74) is 0. The van der Waals surface area contributed by atoms with Crippen molar-refractivity contribution in [1.29, 1.82) is 0 Å². The van der Waals surface area contributed by atoms with E-state index in [0.717, 1.165) is 4.31 Å². The van der Waals surface area contributed by atoms with Gasteiger partial charge in [0.1, 0.15) is 11.3 Å². The number of nitrogens with one attached hydrogen (secondary N) is 1. The Hall–Kier alpha value is -0.330. The molecule has 0 aromatic rings. The zero-order chi connectivity index (χ0) is 10.1. The number of carbonyl (C=O) groups excluding carboxylic acids is 1. The first-order valence-electron chi connectivity index (χ1n) is 3.82. The Labute approximate surface area is 82.1 Å². The number of nitrogens with zero attached hydrogens (tertiary/aromatic N) is 1. The lowest BCUT2D eigenvalue weighted by atomic mass is 10.2. The lowest BCUT2D eigenvalue weighted by Crippen LogP contribution is -2.55. The number of rotatable bonds is 2. The average molecular weight is 227 g/mol. The molecule has 0 aromatic heterocycles. The van der Waals surface area contributed by atoms with Crippen LogP contribution in [0.2, 0.25) is 0 Å². The fraction of sp³-hybridized carbons (Fsp3) is 0.833. The van der Waals surface area contributed by atoms with Crippen LogP contribution < -0.4 is 5.32 Å². The van der Waals surface area contributed by atoms with Crippen LogP contribution in [0.25, 0.3) is 0 Å². The Morgan fingerprint density at radius 3 is 2.85 bits per heavy atom. The quantitative estimate of drug-likeness (QED) is 0.636. The van der Waals surface area contributed by atoms with Crippen LogP contribution in [0.15, 0.2) is 0 Å². The highest BCUT2D eigenvalue weighted by molar-refractivity contribution is 7.90. The van der Waals surface area contributed by atoms with Gasteiger partial charge in [-0.25, -0.2) is 8.42 Å². The van der Waals surface area contributed by atoms with Crippen LogP contribution in [0.3, 0.4) is 0 Å². The van der Waals surface area contributed by atoms with E-state index in [0.29, 0.717) is 13.1 Å². The topological polar surface area (TPSA) is 66.5 Å². The molecule has 1 rings (SSSR count). The highest BCUT2D eigenvalue weighted by Gasteiger charge is 2.33. The fourth-order valence-corrected chi connectivity index (χ4v) is 2.65. The number of alkyl halides is 1. The Balaban J connectivity index is 2.86. The monoisotopic (exact) mass is 226 g/mol.